The van der Waals surface area contributed by atoms with Crippen LogP contribution < -0.4 is 0 Å². The molecule has 0 bridgehead atoms. The number of rotatable bonds is 4. The second-order valence-corrected chi connectivity index (χ2v) is 4.22. The number of carbonyl (C=O) groups is 1. The van der Waals surface area contributed by atoms with Gasteiger partial charge < -0.3 is 4.90 Å². The summed E-state index contributed by atoms with van der Waals surface area (Å²) in [6.45, 7) is 6.88. The molecule has 0 saturated heterocycles. The molecule has 4 heteroatoms. The fourth-order valence-corrected chi connectivity index (χ4v) is 1.40. The second-order valence-electron chi connectivity index (χ2n) is 4.22. The van der Waals surface area contributed by atoms with Crippen LogP contribution in [0.4, 0.5) is 0 Å². The van der Waals surface area contributed by atoms with Crippen LogP contribution in [0, 0.1) is 0 Å². The third kappa shape index (κ3) is 3.02. The van der Waals surface area contributed by atoms with Gasteiger partial charge in [-0.3, -0.25) is 4.79 Å². The highest BCUT2D eigenvalue weighted by molar-refractivity contribution is 5.91. The van der Waals surface area contributed by atoms with Gasteiger partial charge in [-0.2, -0.15) is 5.10 Å². The number of carbonyl (C=O) groups excluding carboxylic acids is 1. The summed E-state index contributed by atoms with van der Waals surface area (Å²) in [6.07, 6.45) is 0.944. The third-order valence-corrected chi connectivity index (χ3v) is 2.40. The van der Waals surface area contributed by atoms with Crippen LogP contribution in [0.15, 0.2) is 12.1 Å². The number of amides is 1. The predicted molar refractivity (Wildman–Crippen MR) is 63.4 cm³/mol. The lowest BCUT2D eigenvalue weighted by Gasteiger charge is -2.15. The van der Waals surface area contributed by atoms with Crippen molar-refractivity contribution >= 4 is 5.91 Å². The molecule has 1 aromatic rings. The maximum atomic E-state index is 11.8. The summed E-state index contributed by atoms with van der Waals surface area (Å²) < 4.78 is 0. The quantitative estimate of drug-likeness (QED) is 0.782. The minimum atomic E-state index is -0.0651. The van der Waals surface area contributed by atoms with Crippen LogP contribution in [-0.2, 0) is 0 Å². The lowest BCUT2D eigenvalue weighted by atomic mass is 10.1. The van der Waals surface area contributed by atoms with Gasteiger partial charge in [0.15, 0.2) is 5.69 Å². The summed E-state index contributed by atoms with van der Waals surface area (Å²) in [5.41, 5.74) is 1.33. The fourth-order valence-electron chi connectivity index (χ4n) is 1.40. The lowest BCUT2D eigenvalue weighted by molar-refractivity contribution is 0.0788. The molecule has 0 atom stereocenters. The van der Waals surface area contributed by atoms with E-state index in [0.717, 1.165) is 18.7 Å². The molecule has 0 radical (unpaired) electrons. The second kappa shape index (κ2) is 5.58. The molecule has 0 aliphatic rings. The minimum Gasteiger partial charge on any atom is -0.340 e. The van der Waals surface area contributed by atoms with Gasteiger partial charge in [0.2, 0.25) is 0 Å². The zero-order valence-corrected chi connectivity index (χ0v) is 10.4. The Balaban J connectivity index is 2.77. The highest BCUT2D eigenvalue weighted by Crippen LogP contribution is 2.10. The maximum Gasteiger partial charge on any atom is 0.274 e. The molecule has 1 amide bonds. The molecule has 0 fully saturated rings. The molecular formula is C12H19N3O. The molecule has 1 rings (SSSR count). The normalized spacial score (nSPS) is 10.6. The Labute approximate surface area is 96.7 Å². The average molecular weight is 221 g/mol. The van der Waals surface area contributed by atoms with E-state index in [9.17, 15) is 4.79 Å². The Morgan fingerprint density at radius 1 is 1.38 bits per heavy atom. The molecule has 0 saturated carbocycles. The Morgan fingerprint density at radius 3 is 2.50 bits per heavy atom. The number of aromatic nitrogens is 2. The van der Waals surface area contributed by atoms with E-state index < -0.39 is 0 Å². The van der Waals surface area contributed by atoms with Crippen molar-refractivity contribution in [3.8, 4) is 0 Å². The summed E-state index contributed by atoms with van der Waals surface area (Å²) in [7, 11) is 1.78. The number of hydrogen-bond acceptors (Lipinski definition) is 3. The molecule has 16 heavy (non-hydrogen) atoms. The van der Waals surface area contributed by atoms with Gasteiger partial charge in [0.1, 0.15) is 0 Å². The molecule has 0 aliphatic heterocycles. The van der Waals surface area contributed by atoms with Gasteiger partial charge in [-0.25, -0.2) is 0 Å². The van der Waals surface area contributed by atoms with E-state index in [0.29, 0.717) is 11.6 Å². The minimum absolute atomic E-state index is 0.0651. The molecule has 4 nitrogen and oxygen atoms in total. The smallest absolute Gasteiger partial charge is 0.274 e. The fraction of sp³-hybridized carbons (Fsp3) is 0.583. The molecule has 0 spiro atoms. The Kier molecular flexibility index (Phi) is 4.40. The van der Waals surface area contributed by atoms with Crippen LogP contribution in [0.3, 0.4) is 0 Å². The molecule has 0 aliphatic carbocycles. The SMILES string of the molecule is CCCN(C)C(=O)c1ccc(C(C)C)nn1. The van der Waals surface area contributed by atoms with Gasteiger partial charge in [0.25, 0.3) is 5.91 Å². The zero-order chi connectivity index (χ0) is 12.1. The van der Waals surface area contributed by atoms with Crippen molar-refractivity contribution in [3.63, 3.8) is 0 Å². The highest BCUT2D eigenvalue weighted by Gasteiger charge is 2.13. The predicted octanol–water partition coefficient (Wildman–Crippen LogP) is 2.08. The van der Waals surface area contributed by atoms with Crippen LogP contribution in [-0.4, -0.2) is 34.6 Å². The molecule has 88 valence electrons. The number of nitrogens with zero attached hydrogens (tertiary/aromatic N) is 3. The standard InChI is InChI=1S/C12H19N3O/c1-5-8-15(4)12(16)11-7-6-10(9(2)3)13-14-11/h6-7,9H,5,8H2,1-4H3. The van der Waals surface area contributed by atoms with Gasteiger partial charge >= 0.3 is 0 Å². The van der Waals surface area contributed by atoms with E-state index in [2.05, 4.69) is 24.0 Å². The van der Waals surface area contributed by atoms with E-state index in [1.54, 1.807) is 18.0 Å². The van der Waals surface area contributed by atoms with Crippen molar-refractivity contribution in [3.05, 3.63) is 23.5 Å². The first kappa shape index (κ1) is 12.6. The van der Waals surface area contributed by atoms with Gasteiger partial charge in [0, 0.05) is 13.6 Å². The first-order valence-electron chi connectivity index (χ1n) is 5.65. The van der Waals surface area contributed by atoms with E-state index in [1.807, 2.05) is 13.0 Å². The summed E-state index contributed by atoms with van der Waals surface area (Å²) in [4.78, 5) is 13.5. The van der Waals surface area contributed by atoms with Crippen molar-refractivity contribution in [1.29, 1.82) is 0 Å². The van der Waals surface area contributed by atoms with E-state index >= 15 is 0 Å². The molecular weight excluding hydrogens is 202 g/mol. The average Bonchev–Trinajstić information content (AvgIpc) is 2.28. The Morgan fingerprint density at radius 2 is 2.06 bits per heavy atom. The topological polar surface area (TPSA) is 46.1 Å². The number of hydrogen-bond donors (Lipinski definition) is 0. The van der Waals surface area contributed by atoms with E-state index in [4.69, 9.17) is 0 Å². The van der Waals surface area contributed by atoms with Gasteiger partial charge in [-0.1, -0.05) is 20.8 Å². The summed E-state index contributed by atoms with van der Waals surface area (Å²) in [6, 6.07) is 3.61. The van der Waals surface area contributed by atoms with Crippen LogP contribution in [0.2, 0.25) is 0 Å². The largest absolute Gasteiger partial charge is 0.340 e. The van der Waals surface area contributed by atoms with Crippen molar-refractivity contribution in [2.24, 2.45) is 0 Å². The summed E-state index contributed by atoms with van der Waals surface area (Å²) in [5.74, 6) is 0.273. The van der Waals surface area contributed by atoms with Gasteiger partial charge in [-0.15, -0.1) is 5.10 Å². The maximum absolute atomic E-state index is 11.8. The van der Waals surface area contributed by atoms with Crippen molar-refractivity contribution in [2.45, 2.75) is 33.1 Å². The highest BCUT2D eigenvalue weighted by atomic mass is 16.2. The first-order valence-corrected chi connectivity index (χ1v) is 5.65. The van der Waals surface area contributed by atoms with Crippen LogP contribution in [0.1, 0.15) is 49.3 Å². The lowest BCUT2D eigenvalue weighted by Crippen LogP contribution is -2.28. The van der Waals surface area contributed by atoms with Gasteiger partial charge in [0.05, 0.1) is 5.69 Å². The van der Waals surface area contributed by atoms with E-state index in [1.165, 1.54) is 0 Å². The van der Waals surface area contributed by atoms with Crippen molar-refractivity contribution in [2.75, 3.05) is 13.6 Å². The monoisotopic (exact) mass is 221 g/mol. The van der Waals surface area contributed by atoms with Crippen LogP contribution in [0.25, 0.3) is 0 Å². The third-order valence-electron chi connectivity index (χ3n) is 2.40. The van der Waals surface area contributed by atoms with Crippen LogP contribution >= 0.6 is 0 Å². The zero-order valence-electron chi connectivity index (χ0n) is 10.4. The molecule has 0 N–H and O–H groups in total. The molecule has 1 aromatic heterocycles. The van der Waals surface area contributed by atoms with Crippen molar-refractivity contribution < 1.29 is 4.79 Å². The van der Waals surface area contributed by atoms with Crippen molar-refractivity contribution in [1.82, 2.24) is 15.1 Å². The Hall–Kier alpha value is -1.45. The molecule has 0 unspecified atom stereocenters. The summed E-state index contributed by atoms with van der Waals surface area (Å²) in [5, 5.41) is 8.01. The molecule has 0 aromatic carbocycles. The van der Waals surface area contributed by atoms with Crippen LogP contribution in [0.5, 0.6) is 0 Å². The Bertz CT molecular complexity index is 346. The molecule has 1 heterocycles. The van der Waals surface area contributed by atoms with E-state index in [-0.39, 0.29) is 5.91 Å². The first-order chi connectivity index (χ1) is 7.56. The summed E-state index contributed by atoms with van der Waals surface area (Å²) >= 11 is 0. The van der Waals surface area contributed by atoms with Gasteiger partial charge in [-0.05, 0) is 24.5 Å².